The first-order valence-corrected chi connectivity index (χ1v) is 10.5. The lowest BCUT2D eigenvalue weighted by Crippen LogP contribution is -2.05. The minimum atomic E-state index is 0.639. The van der Waals surface area contributed by atoms with Gasteiger partial charge >= 0.3 is 0 Å². The standard InChI is InChI=1S/C27H33N/c1-18(2)12-23-15-27(28-17-24(23)13-19(3)4)26-16-25(20(5)14-21(26)6)22-10-8-7-9-11-22/h7-11,14-19H,12-13H2,1-6H3. The smallest absolute Gasteiger partial charge is 0.0707 e. The van der Waals surface area contributed by atoms with Crippen LogP contribution in [0.4, 0.5) is 0 Å². The molecule has 0 bridgehead atoms. The first-order chi connectivity index (χ1) is 13.3. The maximum Gasteiger partial charge on any atom is 0.0707 e. The highest BCUT2D eigenvalue weighted by molar-refractivity contribution is 5.76. The molecule has 1 nitrogen and oxygen atoms in total. The predicted molar refractivity (Wildman–Crippen MR) is 122 cm³/mol. The molecule has 0 spiro atoms. The fraction of sp³-hybridized carbons (Fsp3) is 0.370. The summed E-state index contributed by atoms with van der Waals surface area (Å²) < 4.78 is 0. The van der Waals surface area contributed by atoms with Crippen LogP contribution in [0.15, 0.2) is 54.7 Å². The van der Waals surface area contributed by atoms with E-state index in [2.05, 4.69) is 96.3 Å². The topological polar surface area (TPSA) is 12.9 Å². The summed E-state index contributed by atoms with van der Waals surface area (Å²) in [4.78, 5) is 4.90. The van der Waals surface area contributed by atoms with Crippen molar-refractivity contribution in [1.82, 2.24) is 4.98 Å². The van der Waals surface area contributed by atoms with Gasteiger partial charge < -0.3 is 0 Å². The highest BCUT2D eigenvalue weighted by Gasteiger charge is 2.13. The summed E-state index contributed by atoms with van der Waals surface area (Å²) >= 11 is 0. The third-order valence-electron chi connectivity index (χ3n) is 5.27. The number of pyridine rings is 1. The summed E-state index contributed by atoms with van der Waals surface area (Å²) in [5, 5.41) is 0. The Bertz CT molecular complexity index is 936. The van der Waals surface area contributed by atoms with E-state index in [-0.39, 0.29) is 0 Å². The molecular formula is C27H33N. The number of aromatic nitrogens is 1. The quantitative estimate of drug-likeness (QED) is 0.439. The zero-order valence-electron chi connectivity index (χ0n) is 18.2. The van der Waals surface area contributed by atoms with Crippen molar-refractivity contribution in [3.8, 4) is 22.4 Å². The molecule has 3 aromatic rings. The van der Waals surface area contributed by atoms with Crippen molar-refractivity contribution in [3.63, 3.8) is 0 Å². The summed E-state index contributed by atoms with van der Waals surface area (Å²) in [7, 11) is 0. The van der Waals surface area contributed by atoms with Crippen molar-refractivity contribution < 1.29 is 0 Å². The molecule has 2 aromatic carbocycles. The van der Waals surface area contributed by atoms with E-state index >= 15 is 0 Å². The molecule has 0 amide bonds. The van der Waals surface area contributed by atoms with Gasteiger partial charge in [-0.25, -0.2) is 0 Å². The molecule has 0 fully saturated rings. The predicted octanol–water partition coefficient (Wildman–Crippen LogP) is 7.43. The molecule has 0 saturated carbocycles. The minimum Gasteiger partial charge on any atom is -0.256 e. The van der Waals surface area contributed by atoms with Gasteiger partial charge in [0.1, 0.15) is 0 Å². The number of nitrogens with zero attached hydrogens (tertiary/aromatic N) is 1. The zero-order valence-corrected chi connectivity index (χ0v) is 18.2. The highest BCUT2D eigenvalue weighted by atomic mass is 14.7. The first-order valence-electron chi connectivity index (χ1n) is 10.5. The van der Waals surface area contributed by atoms with E-state index in [0.717, 1.165) is 18.5 Å². The van der Waals surface area contributed by atoms with E-state index in [9.17, 15) is 0 Å². The van der Waals surface area contributed by atoms with Crippen molar-refractivity contribution in [3.05, 3.63) is 77.0 Å². The molecule has 3 rings (SSSR count). The summed E-state index contributed by atoms with van der Waals surface area (Å²) in [6, 6.07) is 17.6. The molecule has 1 aromatic heterocycles. The van der Waals surface area contributed by atoms with Crippen LogP contribution >= 0.6 is 0 Å². The van der Waals surface area contributed by atoms with Gasteiger partial charge in [-0.1, -0.05) is 64.1 Å². The molecular weight excluding hydrogens is 338 g/mol. The van der Waals surface area contributed by atoms with Gasteiger partial charge in [-0.2, -0.15) is 0 Å². The van der Waals surface area contributed by atoms with Crippen molar-refractivity contribution in [2.24, 2.45) is 11.8 Å². The molecule has 28 heavy (non-hydrogen) atoms. The van der Waals surface area contributed by atoms with Crippen molar-refractivity contribution in [1.29, 1.82) is 0 Å². The van der Waals surface area contributed by atoms with Crippen LogP contribution in [-0.4, -0.2) is 4.98 Å². The van der Waals surface area contributed by atoms with Gasteiger partial charge in [0.05, 0.1) is 5.69 Å². The molecule has 0 aliphatic heterocycles. The van der Waals surface area contributed by atoms with E-state index in [4.69, 9.17) is 4.98 Å². The van der Waals surface area contributed by atoms with Crippen molar-refractivity contribution >= 4 is 0 Å². The second-order valence-corrected chi connectivity index (χ2v) is 8.88. The van der Waals surface area contributed by atoms with Gasteiger partial charge in [0, 0.05) is 11.8 Å². The third-order valence-corrected chi connectivity index (χ3v) is 5.27. The van der Waals surface area contributed by atoms with Gasteiger partial charge in [0.25, 0.3) is 0 Å². The van der Waals surface area contributed by atoms with Gasteiger partial charge in [-0.3, -0.25) is 4.98 Å². The molecule has 1 heteroatoms. The largest absolute Gasteiger partial charge is 0.256 e. The van der Waals surface area contributed by atoms with Crippen LogP contribution in [-0.2, 0) is 12.8 Å². The molecule has 0 radical (unpaired) electrons. The van der Waals surface area contributed by atoms with Crippen molar-refractivity contribution in [2.75, 3.05) is 0 Å². The third kappa shape index (κ3) is 4.70. The Kier molecular flexibility index (Phi) is 6.34. The number of aryl methyl sites for hydroxylation is 2. The average molecular weight is 372 g/mol. The molecule has 0 N–H and O–H groups in total. The minimum absolute atomic E-state index is 0.639. The van der Waals surface area contributed by atoms with Gasteiger partial charge in [-0.15, -0.1) is 0 Å². The van der Waals surface area contributed by atoms with Crippen LogP contribution in [0.1, 0.15) is 49.9 Å². The fourth-order valence-corrected chi connectivity index (χ4v) is 3.98. The lowest BCUT2D eigenvalue weighted by molar-refractivity contribution is 0.614. The Labute approximate surface area is 170 Å². The van der Waals surface area contributed by atoms with Crippen LogP contribution in [0.2, 0.25) is 0 Å². The maximum atomic E-state index is 4.90. The van der Waals surface area contributed by atoms with Crippen LogP contribution in [0.25, 0.3) is 22.4 Å². The van der Waals surface area contributed by atoms with E-state index in [1.54, 1.807) is 0 Å². The number of hydrogen-bond donors (Lipinski definition) is 0. The summed E-state index contributed by atoms with van der Waals surface area (Å²) in [5.74, 6) is 1.28. The first kappa shape index (κ1) is 20.3. The molecule has 0 aliphatic carbocycles. The summed E-state index contributed by atoms with van der Waals surface area (Å²) in [6.45, 7) is 13.5. The lowest BCUT2D eigenvalue weighted by Gasteiger charge is -2.17. The van der Waals surface area contributed by atoms with Crippen LogP contribution in [0.3, 0.4) is 0 Å². The van der Waals surface area contributed by atoms with Crippen LogP contribution in [0.5, 0.6) is 0 Å². The molecule has 0 unspecified atom stereocenters. The Hall–Kier alpha value is -2.41. The normalized spacial score (nSPS) is 11.4. The molecule has 146 valence electrons. The SMILES string of the molecule is Cc1cc(C)c(-c2cc(CC(C)C)c(CC(C)C)cn2)cc1-c1ccccc1. The highest BCUT2D eigenvalue weighted by Crippen LogP contribution is 2.32. The molecule has 1 heterocycles. The lowest BCUT2D eigenvalue weighted by atomic mass is 9.90. The second-order valence-electron chi connectivity index (χ2n) is 8.88. The average Bonchev–Trinajstić information content (AvgIpc) is 2.63. The summed E-state index contributed by atoms with van der Waals surface area (Å²) in [5.41, 5.74) is 10.3. The van der Waals surface area contributed by atoms with Gasteiger partial charge in [0.2, 0.25) is 0 Å². The molecule has 0 atom stereocenters. The van der Waals surface area contributed by atoms with E-state index in [1.807, 2.05) is 0 Å². The Morgan fingerprint density at radius 3 is 1.96 bits per heavy atom. The Morgan fingerprint density at radius 1 is 0.714 bits per heavy atom. The van der Waals surface area contributed by atoms with E-state index in [1.165, 1.54) is 38.9 Å². The monoisotopic (exact) mass is 371 g/mol. The van der Waals surface area contributed by atoms with Gasteiger partial charge in [-0.05, 0) is 84.0 Å². The Morgan fingerprint density at radius 2 is 1.32 bits per heavy atom. The van der Waals surface area contributed by atoms with Crippen LogP contribution < -0.4 is 0 Å². The number of hydrogen-bond acceptors (Lipinski definition) is 1. The van der Waals surface area contributed by atoms with Gasteiger partial charge in [0.15, 0.2) is 0 Å². The molecule has 0 aliphatic rings. The zero-order chi connectivity index (χ0) is 20.3. The van der Waals surface area contributed by atoms with Crippen LogP contribution in [0, 0.1) is 25.7 Å². The van der Waals surface area contributed by atoms with E-state index < -0.39 is 0 Å². The summed E-state index contributed by atoms with van der Waals surface area (Å²) in [6.07, 6.45) is 4.32. The van der Waals surface area contributed by atoms with Crippen molar-refractivity contribution in [2.45, 2.75) is 54.4 Å². The van der Waals surface area contributed by atoms with E-state index in [0.29, 0.717) is 11.8 Å². The fourth-order valence-electron chi connectivity index (χ4n) is 3.98. The second kappa shape index (κ2) is 8.73. The molecule has 0 saturated heterocycles. The number of rotatable bonds is 6. The number of benzene rings is 2. The maximum absolute atomic E-state index is 4.90. The Balaban J connectivity index is 2.10.